The van der Waals surface area contributed by atoms with E-state index in [2.05, 4.69) is 10.6 Å². The van der Waals surface area contributed by atoms with Crippen molar-refractivity contribution in [2.24, 2.45) is 5.92 Å². The summed E-state index contributed by atoms with van der Waals surface area (Å²) in [4.78, 5) is 12.0. The van der Waals surface area contributed by atoms with E-state index in [-0.39, 0.29) is 17.4 Å². The summed E-state index contributed by atoms with van der Waals surface area (Å²) in [6.45, 7) is 3.30. The van der Waals surface area contributed by atoms with Crippen molar-refractivity contribution >= 4 is 5.91 Å². The third-order valence-corrected chi connectivity index (χ3v) is 3.49. The first kappa shape index (κ1) is 13.9. The van der Waals surface area contributed by atoms with Crippen LogP contribution in [0.25, 0.3) is 0 Å². The second kappa shape index (κ2) is 6.10. The number of nitrogens with one attached hydrogen (secondary N) is 2. The van der Waals surface area contributed by atoms with E-state index >= 15 is 0 Å². The fourth-order valence-electron chi connectivity index (χ4n) is 2.35. The SMILES string of the molecule is CCC(NC(=O)C1CCNC1)c1cc(F)ccc1F. The average molecular weight is 268 g/mol. The summed E-state index contributed by atoms with van der Waals surface area (Å²) in [5, 5.41) is 5.92. The molecule has 2 N–H and O–H groups in total. The van der Waals surface area contributed by atoms with Crippen LogP contribution in [0.2, 0.25) is 0 Å². The van der Waals surface area contributed by atoms with Crippen LogP contribution in [0.3, 0.4) is 0 Å². The molecule has 0 aliphatic carbocycles. The predicted octanol–water partition coefficient (Wildman–Crippen LogP) is 2.14. The van der Waals surface area contributed by atoms with Crippen LogP contribution in [0.4, 0.5) is 8.78 Å². The van der Waals surface area contributed by atoms with Gasteiger partial charge in [-0.2, -0.15) is 0 Å². The lowest BCUT2D eigenvalue weighted by molar-refractivity contribution is -0.125. The highest BCUT2D eigenvalue weighted by atomic mass is 19.1. The normalized spacial score (nSPS) is 20.3. The molecule has 2 atom stereocenters. The predicted molar refractivity (Wildman–Crippen MR) is 68.5 cm³/mol. The second-order valence-electron chi connectivity index (χ2n) is 4.82. The summed E-state index contributed by atoms with van der Waals surface area (Å²) in [7, 11) is 0. The molecule has 19 heavy (non-hydrogen) atoms. The van der Waals surface area contributed by atoms with Gasteiger partial charge in [-0.1, -0.05) is 6.92 Å². The first-order valence-corrected chi connectivity index (χ1v) is 6.58. The van der Waals surface area contributed by atoms with Crippen LogP contribution in [0.5, 0.6) is 0 Å². The molecule has 0 spiro atoms. The Bertz CT molecular complexity index is 459. The van der Waals surface area contributed by atoms with E-state index in [0.717, 1.165) is 31.2 Å². The van der Waals surface area contributed by atoms with Gasteiger partial charge < -0.3 is 10.6 Å². The minimum Gasteiger partial charge on any atom is -0.349 e. The van der Waals surface area contributed by atoms with E-state index in [1.165, 1.54) is 0 Å². The first-order chi connectivity index (χ1) is 9.11. The molecule has 2 unspecified atom stereocenters. The van der Waals surface area contributed by atoms with Crippen LogP contribution in [0.15, 0.2) is 18.2 Å². The van der Waals surface area contributed by atoms with Crippen LogP contribution >= 0.6 is 0 Å². The van der Waals surface area contributed by atoms with E-state index in [4.69, 9.17) is 0 Å². The fourth-order valence-corrected chi connectivity index (χ4v) is 2.35. The van der Waals surface area contributed by atoms with Crippen LogP contribution < -0.4 is 10.6 Å². The molecule has 0 saturated carbocycles. The van der Waals surface area contributed by atoms with Crippen molar-refractivity contribution in [3.63, 3.8) is 0 Å². The molecule has 1 saturated heterocycles. The van der Waals surface area contributed by atoms with Gasteiger partial charge in [0, 0.05) is 12.1 Å². The van der Waals surface area contributed by atoms with Gasteiger partial charge >= 0.3 is 0 Å². The Balaban J connectivity index is 2.10. The van der Waals surface area contributed by atoms with Crippen molar-refractivity contribution in [2.45, 2.75) is 25.8 Å². The molecule has 2 rings (SSSR count). The summed E-state index contributed by atoms with van der Waals surface area (Å²) in [6, 6.07) is 2.84. The van der Waals surface area contributed by atoms with Gasteiger partial charge in [-0.3, -0.25) is 4.79 Å². The zero-order valence-corrected chi connectivity index (χ0v) is 10.9. The van der Waals surface area contributed by atoms with Gasteiger partial charge in [-0.15, -0.1) is 0 Å². The molecular formula is C14H18F2N2O. The van der Waals surface area contributed by atoms with Gasteiger partial charge in [0.15, 0.2) is 0 Å². The van der Waals surface area contributed by atoms with Gasteiger partial charge in [0.05, 0.1) is 12.0 Å². The Hall–Kier alpha value is -1.49. The minimum absolute atomic E-state index is 0.0781. The number of amides is 1. The monoisotopic (exact) mass is 268 g/mol. The van der Waals surface area contributed by atoms with Crippen LogP contribution in [-0.4, -0.2) is 19.0 Å². The van der Waals surface area contributed by atoms with Crippen LogP contribution in [0.1, 0.15) is 31.4 Å². The Morgan fingerprint density at radius 1 is 1.53 bits per heavy atom. The fraction of sp³-hybridized carbons (Fsp3) is 0.500. The highest BCUT2D eigenvalue weighted by molar-refractivity contribution is 5.79. The Labute approximate surface area is 111 Å². The molecule has 1 aromatic carbocycles. The zero-order valence-electron chi connectivity index (χ0n) is 10.9. The number of rotatable bonds is 4. The molecule has 0 bridgehead atoms. The average Bonchev–Trinajstić information content (AvgIpc) is 2.93. The number of carbonyl (C=O) groups is 1. The number of halogens is 2. The smallest absolute Gasteiger partial charge is 0.224 e. The summed E-state index contributed by atoms with van der Waals surface area (Å²) >= 11 is 0. The Morgan fingerprint density at radius 3 is 2.95 bits per heavy atom. The maximum Gasteiger partial charge on any atom is 0.224 e. The van der Waals surface area contributed by atoms with Crippen molar-refractivity contribution < 1.29 is 13.6 Å². The lowest BCUT2D eigenvalue weighted by atomic mass is 10.0. The van der Waals surface area contributed by atoms with Gasteiger partial charge in [0.1, 0.15) is 11.6 Å². The largest absolute Gasteiger partial charge is 0.349 e. The Kier molecular flexibility index (Phi) is 4.47. The van der Waals surface area contributed by atoms with Crippen LogP contribution in [-0.2, 0) is 4.79 Å². The number of hydrogen-bond donors (Lipinski definition) is 2. The summed E-state index contributed by atoms with van der Waals surface area (Å²) in [5.74, 6) is -1.16. The van der Waals surface area contributed by atoms with E-state index in [9.17, 15) is 13.6 Å². The maximum absolute atomic E-state index is 13.7. The standard InChI is InChI=1S/C14H18F2N2O/c1-2-13(11-7-10(15)3-4-12(11)16)18-14(19)9-5-6-17-8-9/h3-4,7,9,13,17H,2,5-6,8H2,1H3,(H,18,19). The maximum atomic E-state index is 13.7. The molecule has 3 nitrogen and oxygen atoms in total. The molecule has 1 aromatic rings. The number of hydrogen-bond acceptors (Lipinski definition) is 2. The quantitative estimate of drug-likeness (QED) is 0.878. The van der Waals surface area contributed by atoms with Crippen molar-refractivity contribution in [3.8, 4) is 0 Å². The molecule has 1 amide bonds. The van der Waals surface area contributed by atoms with Crippen molar-refractivity contribution in [1.82, 2.24) is 10.6 Å². The molecule has 0 radical (unpaired) electrons. The van der Waals surface area contributed by atoms with E-state index in [1.54, 1.807) is 0 Å². The number of carbonyl (C=O) groups excluding carboxylic acids is 1. The van der Waals surface area contributed by atoms with E-state index in [0.29, 0.717) is 13.0 Å². The number of benzene rings is 1. The van der Waals surface area contributed by atoms with E-state index < -0.39 is 17.7 Å². The molecule has 1 aliphatic rings. The molecule has 1 fully saturated rings. The highest BCUT2D eigenvalue weighted by Crippen LogP contribution is 2.22. The van der Waals surface area contributed by atoms with Crippen molar-refractivity contribution in [3.05, 3.63) is 35.4 Å². The molecular weight excluding hydrogens is 250 g/mol. The molecule has 5 heteroatoms. The second-order valence-corrected chi connectivity index (χ2v) is 4.82. The van der Waals surface area contributed by atoms with Crippen LogP contribution in [0, 0.1) is 17.6 Å². The third kappa shape index (κ3) is 3.29. The zero-order chi connectivity index (χ0) is 13.8. The summed E-state index contributed by atoms with van der Waals surface area (Å²) in [6.07, 6.45) is 1.31. The Morgan fingerprint density at radius 2 is 2.32 bits per heavy atom. The van der Waals surface area contributed by atoms with Gasteiger partial charge in [0.2, 0.25) is 5.91 Å². The van der Waals surface area contributed by atoms with Gasteiger partial charge in [-0.25, -0.2) is 8.78 Å². The van der Waals surface area contributed by atoms with Gasteiger partial charge in [0.25, 0.3) is 0 Å². The summed E-state index contributed by atoms with van der Waals surface area (Å²) < 4.78 is 26.9. The minimum atomic E-state index is -0.494. The van der Waals surface area contributed by atoms with Crippen molar-refractivity contribution in [2.75, 3.05) is 13.1 Å². The molecule has 0 aromatic heterocycles. The third-order valence-electron chi connectivity index (χ3n) is 3.49. The van der Waals surface area contributed by atoms with Gasteiger partial charge in [-0.05, 0) is 37.6 Å². The first-order valence-electron chi connectivity index (χ1n) is 6.58. The topological polar surface area (TPSA) is 41.1 Å². The summed E-state index contributed by atoms with van der Waals surface area (Å²) in [5.41, 5.74) is 0.210. The lowest BCUT2D eigenvalue weighted by Crippen LogP contribution is -2.35. The molecule has 1 aliphatic heterocycles. The molecule has 104 valence electrons. The van der Waals surface area contributed by atoms with Crippen molar-refractivity contribution in [1.29, 1.82) is 0 Å². The molecule has 1 heterocycles. The van der Waals surface area contributed by atoms with E-state index in [1.807, 2.05) is 6.92 Å². The highest BCUT2D eigenvalue weighted by Gasteiger charge is 2.25. The lowest BCUT2D eigenvalue weighted by Gasteiger charge is -2.20.